The third-order valence-corrected chi connectivity index (χ3v) is 7.65. The predicted molar refractivity (Wildman–Crippen MR) is 164 cm³/mol. The number of likely N-dealkylation sites (N-methyl/N-ethyl adjacent to an activating group) is 1. The van der Waals surface area contributed by atoms with Gasteiger partial charge < -0.3 is 25.0 Å². The van der Waals surface area contributed by atoms with Gasteiger partial charge in [0.15, 0.2) is 0 Å². The molecule has 3 N–H and O–H groups in total. The molecular formula is C30H31ClFN7O3. The van der Waals surface area contributed by atoms with Crippen LogP contribution in [-0.2, 0) is 6.54 Å². The van der Waals surface area contributed by atoms with E-state index in [0.29, 0.717) is 48.1 Å². The Labute approximate surface area is 247 Å². The first-order chi connectivity index (χ1) is 20.1. The fourth-order valence-corrected chi connectivity index (χ4v) is 5.29. The van der Waals surface area contributed by atoms with Crippen molar-refractivity contribution < 1.29 is 14.0 Å². The Bertz CT molecular complexity index is 1710. The summed E-state index contributed by atoms with van der Waals surface area (Å²) in [6.07, 6.45) is 2.46. The molecule has 0 saturated carbocycles. The number of rotatable bonds is 6. The Morgan fingerprint density at radius 3 is 2.52 bits per heavy atom. The Kier molecular flexibility index (Phi) is 8.41. The van der Waals surface area contributed by atoms with Crippen LogP contribution in [0.15, 0.2) is 65.6 Å². The number of amides is 4. The summed E-state index contributed by atoms with van der Waals surface area (Å²) in [5, 5.41) is 8.59. The van der Waals surface area contributed by atoms with Crippen LogP contribution >= 0.6 is 11.6 Å². The maximum atomic E-state index is 14.8. The highest BCUT2D eigenvalue weighted by molar-refractivity contribution is 6.33. The van der Waals surface area contributed by atoms with Gasteiger partial charge in [-0.05, 0) is 57.8 Å². The second-order valence-corrected chi connectivity index (χ2v) is 10.7. The number of carbonyl (C=O) groups is 2. The molecule has 42 heavy (non-hydrogen) atoms. The van der Waals surface area contributed by atoms with Crippen LogP contribution < -0.4 is 21.5 Å². The lowest BCUT2D eigenvalue weighted by molar-refractivity contribution is 0.216. The predicted octanol–water partition coefficient (Wildman–Crippen LogP) is 5.69. The lowest BCUT2D eigenvalue weighted by Gasteiger charge is -2.20. The third-order valence-electron chi connectivity index (χ3n) is 7.34. The minimum Gasteiger partial charge on any atom is -0.323 e. The topological polar surface area (TPSA) is 112 Å². The van der Waals surface area contributed by atoms with E-state index in [9.17, 15) is 18.8 Å². The number of benzene rings is 2. The van der Waals surface area contributed by atoms with Crippen LogP contribution in [0.4, 0.5) is 31.2 Å². The normalized spacial score (nSPS) is 14.8. The van der Waals surface area contributed by atoms with Gasteiger partial charge in [-0.3, -0.25) is 10.1 Å². The number of likely N-dealkylation sites (tertiary alicyclic amines) is 1. The molecule has 2 aromatic carbocycles. The van der Waals surface area contributed by atoms with Crippen LogP contribution in [0.1, 0.15) is 13.3 Å². The van der Waals surface area contributed by atoms with Crippen molar-refractivity contribution in [3.05, 3.63) is 82.0 Å². The van der Waals surface area contributed by atoms with Crippen LogP contribution in [0.25, 0.3) is 22.0 Å². The number of halogens is 2. The summed E-state index contributed by atoms with van der Waals surface area (Å²) in [5.74, 6) is -0.425. The largest absolute Gasteiger partial charge is 0.323 e. The molecule has 1 aliphatic heterocycles. The highest BCUT2D eigenvalue weighted by Gasteiger charge is 2.27. The minimum atomic E-state index is -0.750. The summed E-state index contributed by atoms with van der Waals surface area (Å²) in [4.78, 5) is 47.3. The molecule has 10 nitrogen and oxygen atoms in total. The van der Waals surface area contributed by atoms with Crippen LogP contribution in [0.3, 0.4) is 0 Å². The quantitative estimate of drug-likeness (QED) is 0.267. The smallest absolute Gasteiger partial charge is 0.323 e. The molecular weight excluding hydrogens is 561 g/mol. The van der Waals surface area contributed by atoms with Gasteiger partial charge in [0.05, 0.1) is 16.2 Å². The number of hydrogen-bond acceptors (Lipinski definition) is 5. The second-order valence-electron chi connectivity index (χ2n) is 10.3. The van der Waals surface area contributed by atoms with Crippen molar-refractivity contribution in [1.29, 1.82) is 0 Å². The molecule has 0 radical (unpaired) electrons. The number of carbonyl (C=O) groups excluding carboxylic acids is 2. The molecule has 2 aromatic heterocycles. The van der Waals surface area contributed by atoms with Crippen LogP contribution in [0.5, 0.6) is 0 Å². The third kappa shape index (κ3) is 6.07. The SMILES string of the molecule is CCn1c(=O)c(-c2cc(NC(=O)Nc3ccccc3)c(F)cc2Cl)cc2cnc(NC(=O)N3CCC(N(C)C)C3)cc21. The van der Waals surface area contributed by atoms with Gasteiger partial charge in [-0.2, -0.15) is 0 Å². The van der Waals surface area contributed by atoms with Crippen molar-refractivity contribution in [2.24, 2.45) is 0 Å². The van der Waals surface area contributed by atoms with E-state index >= 15 is 0 Å². The summed E-state index contributed by atoms with van der Waals surface area (Å²) >= 11 is 6.41. The number of urea groups is 2. The van der Waals surface area contributed by atoms with Crippen molar-refractivity contribution in [2.75, 3.05) is 43.1 Å². The Balaban J connectivity index is 1.44. The number of aromatic nitrogens is 2. The molecule has 0 spiro atoms. The number of para-hydroxylation sites is 1. The summed E-state index contributed by atoms with van der Waals surface area (Å²) in [6.45, 7) is 3.41. The molecule has 1 fully saturated rings. The van der Waals surface area contributed by atoms with Gasteiger partial charge in [-0.25, -0.2) is 19.0 Å². The molecule has 3 heterocycles. The number of anilines is 3. The standard InChI is InChI=1S/C30H31ClFN7O3/c1-4-39-26-15-27(36-30(42)38-11-10-20(17-38)37(2)3)33-16-18(26)12-22(28(39)40)21-13-25(24(32)14-23(21)31)35-29(41)34-19-8-6-5-7-9-19/h5-9,12-16,20H,4,10-11,17H2,1-3H3,(H,33,36,42)(H2,34,35,41). The highest BCUT2D eigenvalue weighted by Crippen LogP contribution is 2.33. The molecule has 218 valence electrons. The molecule has 5 rings (SSSR count). The molecule has 0 bridgehead atoms. The van der Waals surface area contributed by atoms with Crippen LogP contribution in [0.2, 0.25) is 5.02 Å². The molecule has 1 saturated heterocycles. The van der Waals surface area contributed by atoms with Gasteiger partial charge in [-0.15, -0.1) is 0 Å². The van der Waals surface area contributed by atoms with E-state index in [4.69, 9.17) is 11.6 Å². The maximum Gasteiger partial charge on any atom is 0.323 e. The molecule has 12 heteroatoms. The Hall–Kier alpha value is -4.48. The van der Waals surface area contributed by atoms with E-state index in [1.54, 1.807) is 47.5 Å². The zero-order valence-corrected chi connectivity index (χ0v) is 24.2. The van der Waals surface area contributed by atoms with Crippen molar-refractivity contribution >= 4 is 51.8 Å². The van der Waals surface area contributed by atoms with E-state index in [0.717, 1.165) is 12.5 Å². The summed E-state index contributed by atoms with van der Waals surface area (Å²) in [7, 11) is 3.99. The molecule has 1 aliphatic rings. The lowest BCUT2D eigenvalue weighted by Crippen LogP contribution is -2.37. The summed E-state index contributed by atoms with van der Waals surface area (Å²) in [6, 6.07) is 13.8. The highest BCUT2D eigenvalue weighted by atomic mass is 35.5. The van der Waals surface area contributed by atoms with Gasteiger partial charge in [0.25, 0.3) is 5.56 Å². The fourth-order valence-electron chi connectivity index (χ4n) is 5.04. The summed E-state index contributed by atoms with van der Waals surface area (Å²) in [5.41, 5.74) is 1.07. The fraction of sp³-hybridized carbons (Fsp3) is 0.267. The van der Waals surface area contributed by atoms with E-state index in [2.05, 4.69) is 25.8 Å². The first kappa shape index (κ1) is 29.0. The molecule has 4 aromatic rings. The van der Waals surface area contributed by atoms with E-state index < -0.39 is 11.8 Å². The average molecular weight is 592 g/mol. The van der Waals surface area contributed by atoms with Gasteiger partial charge in [-0.1, -0.05) is 29.8 Å². The van der Waals surface area contributed by atoms with Gasteiger partial charge >= 0.3 is 12.1 Å². The Morgan fingerprint density at radius 1 is 1.07 bits per heavy atom. The molecule has 1 unspecified atom stereocenters. The number of pyridine rings is 2. The molecule has 0 aliphatic carbocycles. The van der Waals surface area contributed by atoms with Crippen molar-refractivity contribution in [3.63, 3.8) is 0 Å². The van der Waals surface area contributed by atoms with Crippen LogP contribution in [-0.4, -0.2) is 64.6 Å². The van der Waals surface area contributed by atoms with Crippen LogP contribution in [0, 0.1) is 5.82 Å². The number of nitrogens with one attached hydrogen (secondary N) is 3. The first-order valence-corrected chi connectivity index (χ1v) is 13.9. The van der Waals surface area contributed by atoms with Crippen molar-refractivity contribution in [2.45, 2.75) is 25.9 Å². The second kappa shape index (κ2) is 12.2. The number of aryl methyl sites for hydroxylation is 1. The first-order valence-electron chi connectivity index (χ1n) is 13.5. The minimum absolute atomic E-state index is 0.0131. The number of nitrogens with zero attached hydrogens (tertiary/aromatic N) is 4. The molecule has 4 amide bonds. The van der Waals surface area contributed by atoms with E-state index in [1.807, 2.05) is 27.1 Å². The maximum absolute atomic E-state index is 14.8. The summed E-state index contributed by atoms with van der Waals surface area (Å²) < 4.78 is 16.3. The molecule has 1 atom stereocenters. The zero-order valence-electron chi connectivity index (χ0n) is 23.4. The van der Waals surface area contributed by atoms with E-state index in [-0.39, 0.29) is 33.4 Å². The van der Waals surface area contributed by atoms with Gasteiger partial charge in [0, 0.05) is 60.1 Å². The van der Waals surface area contributed by atoms with Crippen molar-refractivity contribution in [3.8, 4) is 11.1 Å². The zero-order chi connectivity index (χ0) is 30.0. The number of fused-ring (bicyclic) bond motifs is 1. The van der Waals surface area contributed by atoms with Gasteiger partial charge in [0.1, 0.15) is 11.6 Å². The Morgan fingerprint density at radius 2 is 1.83 bits per heavy atom. The van der Waals surface area contributed by atoms with Crippen molar-refractivity contribution in [1.82, 2.24) is 19.4 Å². The number of hydrogen-bond donors (Lipinski definition) is 3. The lowest BCUT2D eigenvalue weighted by atomic mass is 10.0. The monoisotopic (exact) mass is 591 g/mol. The average Bonchev–Trinajstić information content (AvgIpc) is 3.46. The van der Waals surface area contributed by atoms with Gasteiger partial charge in [0.2, 0.25) is 0 Å². The van der Waals surface area contributed by atoms with E-state index in [1.165, 1.54) is 10.6 Å².